The molecule has 37 heavy (non-hydrogen) atoms. The summed E-state index contributed by atoms with van der Waals surface area (Å²) >= 11 is 0. The fourth-order valence-corrected chi connectivity index (χ4v) is 4.40. The van der Waals surface area contributed by atoms with Gasteiger partial charge in [0.1, 0.15) is 11.6 Å². The molecule has 0 aliphatic heterocycles. The normalized spacial score (nSPS) is 13.6. The first kappa shape index (κ1) is 30.4. The fraction of sp³-hybridized carbons (Fsp3) is 0.517. The van der Waals surface area contributed by atoms with E-state index in [1.54, 1.807) is 29.2 Å². The van der Waals surface area contributed by atoms with Gasteiger partial charge in [0, 0.05) is 42.7 Å². The molecule has 0 saturated carbocycles. The lowest BCUT2D eigenvalue weighted by molar-refractivity contribution is -0.0214. The first-order valence-electron chi connectivity index (χ1n) is 13.2. The van der Waals surface area contributed by atoms with Gasteiger partial charge in [0.2, 0.25) is 0 Å². The Hall–Kier alpha value is -2.84. The van der Waals surface area contributed by atoms with Crippen LogP contribution in [0.25, 0.3) is 0 Å². The molecule has 0 aliphatic rings. The molecule has 3 unspecified atom stereocenters. The number of carbonyl (C=O) groups is 2. The average Bonchev–Trinajstić information content (AvgIpc) is 2.88. The standard InChI is InChI=1S/C29H40F2N2O4/c1-4-7-11-26(34)27(35)23(14-20-15-24(30)18-25(31)16-20)19-32-28(36)21-9-8-10-22(17-21)29(37)33(12-5-2)13-6-3/h8-10,15-18,23,26-27,34-35H,4-7,11-14,19H2,1-3H3,(H,32,36). The molecule has 0 aromatic heterocycles. The number of halogens is 2. The smallest absolute Gasteiger partial charge is 0.253 e. The van der Waals surface area contributed by atoms with E-state index in [1.807, 2.05) is 20.8 Å². The van der Waals surface area contributed by atoms with Gasteiger partial charge in [-0.05, 0) is 61.6 Å². The molecule has 0 bridgehead atoms. The number of aliphatic hydroxyl groups is 2. The van der Waals surface area contributed by atoms with Gasteiger partial charge in [-0.15, -0.1) is 0 Å². The fourth-order valence-electron chi connectivity index (χ4n) is 4.40. The van der Waals surface area contributed by atoms with Crippen molar-refractivity contribution in [1.29, 1.82) is 0 Å². The Morgan fingerprint density at radius 3 is 2.14 bits per heavy atom. The van der Waals surface area contributed by atoms with E-state index < -0.39 is 35.7 Å². The number of aliphatic hydroxyl groups excluding tert-OH is 2. The van der Waals surface area contributed by atoms with Crippen molar-refractivity contribution in [2.45, 2.75) is 71.5 Å². The Labute approximate surface area is 218 Å². The molecule has 3 atom stereocenters. The summed E-state index contributed by atoms with van der Waals surface area (Å²) in [7, 11) is 0. The Morgan fingerprint density at radius 2 is 1.54 bits per heavy atom. The van der Waals surface area contributed by atoms with Crippen LogP contribution in [0.3, 0.4) is 0 Å². The zero-order valence-electron chi connectivity index (χ0n) is 22.1. The van der Waals surface area contributed by atoms with Gasteiger partial charge in [0.15, 0.2) is 0 Å². The highest BCUT2D eigenvalue weighted by Crippen LogP contribution is 2.20. The highest BCUT2D eigenvalue weighted by atomic mass is 19.1. The van der Waals surface area contributed by atoms with Crippen LogP contribution in [0.2, 0.25) is 0 Å². The second kappa shape index (κ2) is 15.4. The summed E-state index contributed by atoms with van der Waals surface area (Å²) in [5.41, 5.74) is 1.02. The minimum atomic E-state index is -1.21. The van der Waals surface area contributed by atoms with Crippen molar-refractivity contribution in [3.8, 4) is 0 Å². The molecule has 2 aromatic rings. The molecular weight excluding hydrogens is 478 g/mol. The van der Waals surface area contributed by atoms with E-state index in [0.29, 0.717) is 37.1 Å². The van der Waals surface area contributed by atoms with Crippen LogP contribution in [-0.4, -0.2) is 58.8 Å². The monoisotopic (exact) mass is 518 g/mol. The van der Waals surface area contributed by atoms with Crippen LogP contribution in [0.15, 0.2) is 42.5 Å². The van der Waals surface area contributed by atoms with Gasteiger partial charge in [-0.3, -0.25) is 9.59 Å². The Balaban J connectivity index is 2.18. The molecule has 0 spiro atoms. The minimum absolute atomic E-state index is 0.0305. The van der Waals surface area contributed by atoms with Crippen LogP contribution < -0.4 is 5.32 Å². The first-order chi connectivity index (χ1) is 17.7. The lowest BCUT2D eigenvalue weighted by Gasteiger charge is -2.27. The Kier molecular flexibility index (Phi) is 12.7. The number of rotatable bonds is 15. The van der Waals surface area contributed by atoms with Gasteiger partial charge in [-0.1, -0.05) is 39.7 Å². The van der Waals surface area contributed by atoms with Crippen molar-refractivity contribution in [2.24, 2.45) is 5.92 Å². The van der Waals surface area contributed by atoms with E-state index in [1.165, 1.54) is 12.1 Å². The molecule has 3 N–H and O–H groups in total. The summed E-state index contributed by atoms with van der Waals surface area (Å²) in [6, 6.07) is 9.58. The highest BCUT2D eigenvalue weighted by molar-refractivity contribution is 5.99. The molecule has 2 aromatic carbocycles. The molecule has 8 heteroatoms. The quantitative estimate of drug-likeness (QED) is 0.318. The topological polar surface area (TPSA) is 89.9 Å². The summed E-state index contributed by atoms with van der Waals surface area (Å²) < 4.78 is 27.5. The third kappa shape index (κ3) is 9.52. The van der Waals surface area contributed by atoms with E-state index >= 15 is 0 Å². The van der Waals surface area contributed by atoms with Crippen LogP contribution in [0, 0.1) is 17.6 Å². The average molecular weight is 519 g/mol. The van der Waals surface area contributed by atoms with Crippen LogP contribution in [0.4, 0.5) is 8.78 Å². The van der Waals surface area contributed by atoms with Gasteiger partial charge in [-0.25, -0.2) is 8.78 Å². The number of hydrogen-bond acceptors (Lipinski definition) is 4. The summed E-state index contributed by atoms with van der Waals surface area (Å²) in [5, 5.41) is 24.1. The SMILES string of the molecule is CCCCC(O)C(O)C(CNC(=O)c1cccc(C(=O)N(CCC)CCC)c1)Cc1cc(F)cc(F)c1. The van der Waals surface area contributed by atoms with Crippen molar-refractivity contribution < 1.29 is 28.6 Å². The second-order valence-corrected chi connectivity index (χ2v) is 9.53. The van der Waals surface area contributed by atoms with Gasteiger partial charge < -0.3 is 20.4 Å². The van der Waals surface area contributed by atoms with Crippen LogP contribution in [0.5, 0.6) is 0 Å². The largest absolute Gasteiger partial charge is 0.390 e. The van der Waals surface area contributed by atoms with Crippen molar-refractivity contribution in [2.75, 3.05) is 19.6 Å². The molecule has 2 amide bonds. The maximum atomic E-state index is 13.7. The lowest BCUT2D eigenvalue weighted by Crippen LogP contribution is -2.42. The van der Waals surface area contributed by atoms with Gasteiger partial charge in [0.05, 0.1) is 12.2 Å². The van der Waals surface area contributed by atoms with E-state index in [9.17, 15) is 28.6 Å². The highest BCUT2D eigenvalue weighted by Gasteiger charge is 2.27. The Morgan fingerprint density at radius 1 is 0.919 bits per heavy atom. The molecule has 0 radical (unpaired) electrons. The van der Waals surface area contributed by atoms with E-state index in [2.05, 4.69) is 5.32 Å². The lowest BCUT2D eigenvalue weighted by atomic mass is 9.89. The van der Waals surface area contributed by atoms with Gasteiger partial charge >= 0.3 is 0 Å². The van der Waals surface area contributed by atoms with Gasteiger partial charge in [-0.2, -0.15) is 0 Å². The van der Waals surface area contributed by atoms with Crippen molar-refractivity contribution >= 4 is 11.8 Å². The minimum Gasteiger partial charge on any atom is -0.390 e. The number of nitrogens with one attached hydrogen (secondary N) is 1. The molecular formula is C29H40F2N2O4. The predicted molar refractivity (Wildman–Crippen MR) is 140 cm³/mol. The molecule has 0 aliphatic carbocycles. The number of benzene rings is 2. The molecule has 204 valence electrons. The zero-order valence-corrected chi connectivity index (χ0v) is 22.1. The summed E-state index contributed by atoms with van der Waals surface area (Å²) in [6.07, 6.45) is 1.39. The summed E-state index contributed by atoms with van der Waals surface area (Å²) in [4.78, 5) is 27.7. The maximum absolute atomic E-state index is 13.7. The molecule has 6 nitrogen and oxygen atoms in total. The van der Waals surface area contributed by atoms with Crippen LogP contribution >= 0.6 is 0 Å². The van der Waals surface area contributed by atoms with Crippen LogP contribution in [-0.2, 0) is 6.42 Å². The maximum Gasteiger partial charge on any atom is 0.253 e. The summed E-state index contributed by atoms with van der Waals surface area (Å²) in [5.74, 6) is -2.75. The van der Waals surface area contributed by atoms with Crippen molar-refractivity contribution in [3.63, 3.8) is 0 Å². The molecule has 0 saturated heterocycles. The third-order valence-electron chi connectivity index (χ3n) is 6.32. The third-order valence-corrected chi connectivity index (χ3v) is 6.32. The van der Waals surface area contributed by atoms with Gasteiger partial charge in [0.25, 0.3) is 11.8 Å². The van der Waals surface area contributed by atoms with E-state index in [-0.39, 0.29) is 24.4 Å². The summed E-state index contributed by atoms with van der Waals surface area (Å²) in [6.45, 7) is 7.20. The second-order valence-electron chi connectivity index (χ2n) is 9.53. The van der Waals surface area contributed by atoms with Crippen molar-refractivity contribution in [1.82, 2.24) is 10.2 Å². The number of carbonyl (C=O) groups excluding carboxylic acids is 2. The first-order valence-corrected chi connectivity index (χ1v) is 13.2. The molecule has 0 heterocycles. The number of hydrogen-bond donors (Lipinski definition) is 3. The Bertz CT molecular complexity index is 991. The molecule has 2 rings (SSSR count). The number of nitrogens with zero attached hydrogens (tertiary/aromatic N) is 1. The zero-order chi connectivity index (χ0) is 27.4. The van der Waals surface area contributed by atoms with E-state index in [4.69, 9.17) is 0 Å². The van der Waals surface area contributed by atoms with E-state index in [0.717, 1.165) is 25.3 Å². The molecule has 0 fully saturated rings. The number of amides is 2. The van der Waals surface area contributed by atoms with Crippen molar-refractivity contribution in [3.05, 3.63) is 70.8 Å². The van der Waals surface area contributed by atoms with Crippen LogP contribution in [0.1, 0.15) is 79.2 Å². The predicted octanol–water partition coefficient (Wildman–Crippen LogP) is 4.73. The number of unbranched alkanes of at least 4 members (excludes halogenated alkanes) is 1.